The molecule has 0 amide bonds. The molecule has 0 saturated heterocycles. The van der Waals surface area contributed by atoms with Gasteiger partial charge in [-0.3, -0.25) is 14.6 Å². The molecule has 0 unspecified atom stereocenters. The molecule has 5 nitrogen and oxygen atoms in total. The molecule has 0 radical (unpaired) electrons. The van der Waals surface area contributed by atoms with Crippen molar-refractivity contribution >= 4 is 11.9 Å². The Kier molecular flexibility index (Phi) is 5.16. The maximum Gasteiger partial charge on any atom is 0.433 e. The Balaban J connectivity index is 2.88. The van der Waals surface area contributed by atoms with Gasteiger partial charge in [0.15, 0.2) is 5.92 Å². The maximum atomic E-state index is 12.4. The predicted molar refractivity (Wildman–Crippen MR) is 69.9 cm³/mol. The Bertz CT molecular complexity index is 547. The molecule has 1 aromatic heterocycles. The van der Waals surface area contributed by atoms with Crippen molar-refractivity contribution < 1.29 is 32.6 Å². The number of aliphatic carboxylic acids is 1. The van der Waals surface area contributed by atoms with E-state index in [0.717, 1.165) is 18.3 Å². The van der Waals surface area contributed by atoms with Crippen LogP contribution in [0.25, 0.3) is 0 Å². The number of carboxylic acid groups (broad SMARTS) is 1. The zero-order valence-corrected chi connectivity index (χ0v) is 12.3. The third-order valence-electron chi connectivity index (χ3n) is 2.54. The molecular weight excluding hydrogens is 303 g/mol. The van der Waals surface area contributed by atoms with Gasteiger partial charge in [-0.1, -0.05) is 6.07 Å². The third-order valence-corrected chi connectivity index (χ3v) is 2.54. The minimum atomic E-state index is -4.57. The lowest BCUT2D eigenvalue weighted by Crippen LogP contribution is -2.34. The normalized spacial score (nSPS) is 13.5. The lowest BCUT2D eigenvalue weighted by Gasteiger charge is -2.22. The predicted octanol–water partition coefficient (Wildman–Crippen LogP) is 2.69. The molecule has 0 aliphatic carbocycles. The average Bonchev–Trinajstić information content (AvgIpc) is 2.32. The number of hydrogen-bond donors (Lipinski definition) is 1. The van der Waals surface area contributed by atoms with Gasteiger partial charge in [0.05, 0.1) is 0 Å². The van der Waals surface area contributed by atoms with Crippen LogP contribution in [0.1, 0.15) is 32.0 Å². The highest BCUT2D eigenvalue weighted by Gasteiger charge is 2.33. The first-order valence-electron chi connectivity index (χ1n) is 6.38. The van der Waals surface area contributed by atoms with E-state index in [0.29, 0.717) is 0 Å². The minimum Gasteiger partial charge on any atom is -0.481 e. The summed E-state index contributed by atoms with van der Waals surface area (Å²) in [5, 5.41) is 9.08. The molecule has 122 valence electrons. The summed E-state index contributed by atoms with van der Waals surface area (Å²) in [6, 6.07) is 1.83. The number of pyridine rings is 1. The van der Waals surface area contributed by atoms with Crippen LogP contribution < -0.4 is 0 Å². The highest BCUT2D eigenvalue weighted by atomic mass is 19.4. The van der Waals surface area contributed by atoms with E-state index in [1.54, 1.807) is 20.8 Å². The van der Waals surface area contributed by atoms with E-state index < -0.39 is 35.3 Å². The van der Waals surface area contributed by atoms with E-state index in [2.05, 4.69) is 4.98 Å². The number of carbonyl (C=O) groups is 2. The number of esters is 1. The molecule has 0 fully saturated rings. The molecule has 0 bridgehead atoms. The summed E-state index contributed by atoms with van der Waals surface area (Å²) in [5.41, 5.74) is -1.74. The number of rotatable bonds is 4. The fourth-order valence-corrected chi connectivity index (χ4v) is 1.59. The van der Waals surface area contributed by atoms with E-state index in [1.165, 1.54) is 0 Å². The molecule has 22 heavy (non-hydrogen) atoms. The number of carboxylic acids is 1. The fraction of sp³-hybridized carbons (Fsp3) is 0.500. The van der Waals surface area contributed by atoms with Gasteiger partial charge in [0.2, 0.25) is 0 Å². The highest BCUT2D eigenvalue weighted by Crippen LogP contribution is 2.27. The molecule has 0 aromatic carbocycles. The number of carbonyl (C=O) groups excluding carboxylic acids is 1. The molecule has 1 atom stereocenters. The van der Waals surface area contributed by atoms with Crippen molar-refractivity contribution in [2.75, 3.05) is 0 Å². The van der Waals surface area contributed by atoms with Crippen LogP contribution in [0.2, 0.25) is 0 Å². The summed E-state index contributed by atoms with van der Waals surface area (Å²) in [4.78, 5) is 26.2. The zero-order valence-electron chi connectivity index (χ0n) is 12.3. The van der Waals surface area contributed by atoms with Crippen molar-refractivity contribution in [2.45, 2.75) is 39.0 Å². The summed E-state index contributed by atoms with van der Waals surface area (Å²) in [6.45, 7) is 4.76. The van der Waals surface area contributed by atoms with E-state index in [4.69, 9.17) is 9.84 Å². The third kappa shape index (κ3) is 5.34. The van der Waals surface area contributed by atoms with Crippen LogP contribution in [0.4, 0.5) is 13.2 Å². The lowest BCUT2D eigenvalue weighted by atomic mass is 10.00. The largest absolute Gasteiger partial charge is 0.481 e. The molecule has 0 aliphatic rings. The monoisotopic (exact) mass is 319 g/mol. The summed E-state index contributed by atoms with van der Waals surface area (Å²) < 4.78 is 42.2. The molecule has 1 aromatic rings. The number of ether oxygens (including phenoxy) is 1. The second-order valence-electron chi connectivity index (χ2n) is 5.68. The Morgan fingerprint density at radius 2 is 1.86 bits per heavy atom. The van der Waals surface area contributed by atoms with Gasteiger partial charge >= 0.3 is 18.1 Å². The topological polar surface area (TPSA) is 76.5 Å². The van der Waals surface area contributed by atoms with Gasteiger partial charge in [0.1, 0.15) is 11.3 Å². The molecule has 1 heterocycles. The highest BCUT2D eigenvalue weighted by molar-refractivity contribution is 5.94. The first-order valence-corrected chi connectivity index (χ1v) is 6.38. The summed E-state index contributed by atoms with van der Waals surface area (Å²) in [6.07, 6.45) is -3.96. The smallest absolute Gasteiger partial charge is 0.433 e. The second-order valence-corrected chi connectivity index (χ2v) is 5.68. The number of nitrogens with zero attached hydrogens (tertiary/aromatic N) is 1. The van der Waals surface area contributed by atoms with Crippen molar-refractivity contribution in [2.24, 2.45) is 5.92 Å². The number of halogens is 3. The molecule has 1 N–H and O–H groups in total. The van der Waals surface area contributed by atoms with Crippen molar-refractivity contribution in [3.8, 4) is 0 Å². The average molecular weight is 319 g/mol. The molecule has 8 heteroatoms. The second kappa shape index (κ2) is 6.33. The Morgan fingerprint density at radius 3 is 2.23 bits per heavy atom. The van der Waals surface area contributed by atoms with Gasteiger partial charge in [0.25, 0.3) is 0 Å². The lowest BCUT2D eigenvalue weighted by molar-refractivity contribution is -0.166. The minimum absolute atomic E-state index is 0.200. The molecule has 0 saturated carbocycles. The summed E-state index contributed by atoms with van der Waals surface area (Å²) in [7, 11) is 0. The first-order chi connectivity index (χ1) is 9.90. The summed E-state index contributed by atoms with van der Waals surface area (Å²) >= 11 is 0. The first kappa shape index (κ1) is 17.9. The molecule has 0 spiro atoms. The van der Waals surface area contributed by atoms with E-state index in [1.807, 2.05) is 0 Å². The van der Waals surface area contributed by atoms with Crippen LogP contribution in [-0.4, -0.2) is 27.6 Å². The Labute approximate surface area is 125 Å². The molecule has 1 rings (SSSR count). The SMILES string of the molecule is CC(C)(C)OC(=O)[C@H](Cc1ccc(C(F)(F)F)nc1)C(=O)O. The van der Waals surface area contributed by atoms with Gasteiger partial charge in [-0.25, -0.2) is 0 Å². The number of alkyl halides is 3. The van der Waals surface area contributed by atoms with Gasteiger partial charge in [-0.2, -0.15) is 13.2 Å². The molecular formula is C14H16F3NO4. The van der Waals surface area contributed by atoms with E-state index >= 15 is 0 Å². The van der Waals surface area contributed by atoms with E-state index in [9.17, 15) is 22.8 Å². The van der Waals surface area contributed by atoms with Crippen molar-refractivity contribution in [1.29, 1.82) is 0 Å². The van der Waals surface area contributed by atoms with Crippen molar-refractivity contribution in [3.63, 3.8) is 0 Å². The van der Waals surface area contributed by atoms with Gasteiger partial charge in [0, 0.05) is 6.20 Å². The van der Waals surface area contributed by atoms with Crippen LogP contribution in [0.15, 0.2) is 18.3 Å². The number of hydrogen-bond acceptors (Lipinski definition) is 4. The maximum absolute atomic E-state index is 12.4. The Morgan fingerprint density at radius 1 is 1.27 bits per heavy atom. The van der Waals surface area contributed by atoms with Crippen LogP contribution in [-0.2, 0) is 26.9 Å². The van der Waals surface area contributed by atoms with Crippen molar-refractivity contribution in [1.82, 2.24) is 4.98 Å². The Hall–Kier alpha value is -2.12. The zero-order chi connectivity index (χ0) is 17.1. The fourth-order valence-electron chi connectivity index (χ4n) is 1.59. The van der Waals surface area contributed by atoms with Gasteiger partial charge in [-0.15, -0.1) is 0 Å². The van der Waals surface area contributed by atoms with Crippen LogP contribution in [0.3, 0.4) is 0 Å². The standard InChI is InChI=1S/C14H16F3NO4/c1-13(2,3)22-12(21)9(11(19)20)6-8-4-5-10(18-7-8)14(15,16)17/h4-5,7,9H,6H2,1-3H3,(H,19,20)/t9-/m1/s1. The van der Waals surface area contributed by atoms with Crippen molar-refractivity contribution in [3.05, 3.63) is 29.6 Å². The quantitative estimate of drug-likeness (QED) is 0.682. The van der Waals surface area contributed by atoms with Gasteiger partial charge in [-0.05, 0) is 38.8 Å². The van der Waals surface area contributed by atoms with Crippen LogP contribution in [0.5, 0.6) is 0 Å². The van der Waals surface area contributed by atoms with Crippen LogP contribution >= 0.6 is 0 Å². The number of aromatic nitrogens is 1. The van der Waals surface area contributed by atoms with E-state index in [-0.39, 0.29) is 12.0 Å². The van der Waals surface area contributed by atoms with Crippen LogP contribution in [0, 0.1) is 5.92 Å². The molecule has 0 aliphatic heterocycles. The van der Waals surface area contributed by atoms with Gasteiger partial charge < -0.3 is 9.84 Å². The summed E-state index contributed by atoms with van der Waals surface area (Å²) in [5.74, 6) is -3.85.